The molecule has 5 rings (SSSR count). The monoisotopic (exact) mass is 266 g/mol. The highest BCUT2D eigenvalue weighted by Crippen LogP contribution is 2.30. The van der Waals surface area contributed by atoms with Crippen LogP contribution in [0.1, 0.15) is 18.4 Å². The van der Waals surface area contributed by atoms with Gasteiger partial charge in [0.15, 0.2) is 0 Å². The fourth-order valence-electron chi connectivity index (χ4n) is 3.49. The summed E-state index contributed by atoms with van der Waals surface area (Å²) in [5.74, 6) is 0.834. The molecule has 1 saturated heterocycles. The first-order chi connectivity index (χ1) is 9.81. The summed E-state index contributed by atoms with van der Waals surface area (Å²) in [5, 5.41) is 1.17. The standard InChI is InChI=1S/C17H18N2O/c20-17(19-11-12-5-7-14(19)8-6-12)9-13-10-18-16-4-2-1-3-15(13)16/h1-5,7,10,12,14,18H,6,8-9,11H2. The maximum absolute atomic E-state index is 12.6. The molecule has 1 aliphatic carbocycles. The number of rotatable bonds is 2. The van der Waals surface area contributed by atoms with E-state index in [1.807, 2.05) is 18.3 Å². The van der Waals surface area contributed by atoms with E-state index in [2.05, 4.69) is 34.2 Å². The first-order valence-electron chi connectivity index (χ1n) is 7.34. The Labute approximate surface area is 118 Å². The minimum Gasteiger partial charge on any atom is -0.361 e. The van der Waals surface area contributed by atoms with Crippen LogP contribution in [0.25, 0.3) is 10.9 Å². The first kappa shape index (κ1) is 11.8. The highest BCUT2D eigenvalue weighted by atomic mass is 16.2. The fraction of sp³-hybridized carbons (Fsp3) is 0.353. The number of H-pyrrole nitrogens is 1. The summed E-state index contributed by atoms with van der Waals surface area (Å²) in [6.45, 7) is 0.905. The lowest BCUT2D eigenvalue weighted by Gasteiger charge is -2.41. The molecule has 1 N–H and O–H groups in total. The zero-order valence-electron chi connectivity index (χ0n) is 11.4. The third kappa shape index (κ3) is 1.85. The Morgan fingerprint density at radius 1 is 1.25 bits per heavy atom. The predicted octanol–water partition coefficient (Wildman–Crippen LogP) is 2.89. The Bertz CT molecular complexity index is 685. The van der Waals surface area contributed by atoms with E-state index in [9.17, 15) is 4.79 Å². The van der Waals surface area contributed by atoms with Crippen molar-refractivity contribution in [1.82, 2.24) is 9.88 Å². The van der Waals surface area contributed by atoms with Crippen LogP contribution in [0.2, 0.25) is 0 Å². The summed E-state index contributed by atoms with van der Waals surface area (Å²) in [6, 6.07) is 8.50. The van der Waals surface area contributed by atoms with Crippen molar-refractivity contribution in [2.45, 2.75) is 25.3 Å². The van der Waals surface area contributed by atoms with Crippen molar-refractivity contribution >= 4 is 16.8 Å². The summed E-state index contributed by atoms with van der Waals surface area (Å²) >= 11 is 0. The Hall–Kier alpha value is -2.03. The zero-order chi connectivity index (χ0) is 13.5. The van der Waals surface area contributed by atoms with Gasteiger partial charge in [-0.15, -0.1) is 0 Å². The number of hydrogen-bond donors (Lipinski definition) is 1. The molecule has 0 spiro atoms. The largest absolute Gasteiger partial charge is 0.361 e. The SMILES string of the molecule is O=C(Cc1c[nH]c2ccccc12)N1CC2C=CC1CC2. The van der Waals surface area contributed by atoms with Crippen LogP contribution < -0.4 is 0 Å². The van der Waals surface area contributed by atoms with E-state index in [-0.39, 0.29) is 5.91 Å². The molecule has 1 fully saturated rings. The average molecular weight is 266 g/mol. The molecule has 102 valence electrons. The number of aromatic amines is 1. The van der Waals surface area contributed by atoms with E-state index in [4.69, 9.17) is 0 Å². The molecule has 2 unspecified atom stereocenters. The number of benzene rings is 1. The van der Waals surface area contributed by atoms with Crippen LogP contribution in [0.4, 0.5) is 0 Å². The first-order valence-corrected chi connectivity index (χ1v) is 7.34. The van der Waals surface area contributed by atoms with Gasteiger partial charge >= 0.3 is 0 Å². The molecule has 20 heavy (non-hydrogen) atoms. The third-order valence-electron chi connectivity index (χ3n) is 4.61. The molecule has 3 heterocycles. The lowest BCUT2D eigenvalue weighted by atomic mass is 9.86. The zero-order valence-corrected chi connectivity index (χ0v) is 11.4. The van der Waals surface area contributed by atoms with Gasteiger partial charge in [0.1, 0.15) is 0 Å². The van der Waals surface area contributed by atoms with E-state index in [1.54, 1.807) is 0 Å². The minimum atomic E-state index is 0.258. The van der Waals surface area contributed by atoms with Gasteiger partial charge in [-0.2, -0.15) is 0 Å². The number of carbonyl (C=O) groups excluding carboxylic acids is 1. The van der Waals surface area contributed by atoms with Gasteiger partial charge in [-0.05, 0) is 30.4 Å². The number of para-hydroxylation sites is 1. The number of piperidine rings is 1. The van der Waals surface area contributed by atoms with Crippen molar-refractivity contribution in [3.05, 3.63) is 48.2 Å². The topological polar surface area (TPSA) is 36.1 Å². The number of fused-ring (bicyclic) bond motifs is 3. The molecular formula is C17H18N2O. The number of hydrogen-bond acceptors (Lipinski definition) is 1. The lowest BCUT2D eigenvalue weighted by Crippen LogP contribution is -2.48. The fourth-order valence-corrected chi connectivity index (χ4v) is 3.49. The Morgan fingerprint density at radius 2 is 2.15 bits per heavy atom. The van der Waals surface area contributed by atoms with E-state index >= 15 is 0 Å². The summed E-state index contributed by atoms with van der Waals surface area (Å²) in [6.07, 6.45) is 9.33. The lowest BCUT2D eigenvalue weighted by molar-refractivity contribution is -0.134. The van der Waals surface area contributed by atoms with Crippen molar-refractivity contribution in [2.75, 3.05) is 6.54 Å². The van der Waals surface area contributed by atoms with Gasteiger partial charge in [-0.25, -0.2) is 0 Å². The van der Waals surface area contributed by atoms with Gasteiger partial charge in [-0.1, -0.05) is 30.4 Å². The maximum atomic E-state index is 12.6. The second-order valence-corrected chi connectivity index (χ2v) is 5.87. The van der Waals surface area contributed by atoms with E-state index in [0.717, 1.165) is 24.0 Å². The minimum absolute atomic E-state index is 0.258. The van der Waals surface area contributed by atoms with Crippen molar-refractivity contribution in [3.8, 4) is 0 Å². The highest BCUT2D eigenvalue weighted by Gasteiger charge is 2.32. The number of nitrogens with one attached hydrogen (secondary N) is 1. The Kier molecular flexibility index (Phi) is 2.66. The Balaban J connectivity index is 1.57. The molecule has 2 atom stereocenters. The number of amides is 1. The molecule has 3 aliphatic rings. The smallest absolute Gasteiger partial charge is 0.227 e. The van der Waals surface area contributed by atoms with Crippen molar-refractivity contribution < 1.29 is 4.79 Å². The number of carbonyl (C=O) groups is 1. The quantitative estimate of drug-likeness (QED) is 0.834. The summed E-state index contributed by atoms with van der Waals surface area (Å²) < 4.78 is 0. The number of nitrogens with zero attached hydrogens (tertiary/aromatic N) is 1. The van der Waals surface area contributed by atoms with E-state index in [0.29, 0.717) is 18.4 Å². The summed E-state index contributed by atoms with van der Waals surface area (Å²) in [5.41, 5.74) is 2.21. The van der Waals surface area contributed by atoms with Crippen LogP contribution in [0.5, 0.6) is 0 Å². The van der Waals surface area contributed by atoms with Crippen molar-refractivity contribution in [2.24, 2.45) is 5.92 Å². The molecule has 2 bridgehead atoms. The average Bonchev–Trinajstić information content (AvgIpc) is 2.92. The molecule has 2 aromatic rings. The second kappa shape index (κ2) is 4.51. The Morgan fingerprint density at radius 3 is 2.90 bits per heavy atom. The maximum Gasteiger partial charge on any atom is 0.227 e. The molecule has 3 heteroatoms. The molecule has 2 aliphatic heterocycles. The molecule has 1 amide bonds. The van der Waals surface area contributed by atoms with Gasteiger partial charge < -0.3 is 9.88 Å². The van der Waals surface area contributed by atoms with Gasteiger partial charge in [-0.3, -0.25) is 4.79 Å². The molecule has 0 saturated carbocycles. The van der Waals surface area contributed by atoms with Gasteiger partial charge in [0.2, 0.25) is 5.91 Å². The second-order valence-electron chi connectivity index (χ2n) is 5.87. The van der Waals surface area contributed by atoms with Gasteiger partial charge in [0.05, 0.1) is 12.5 Å². The molecule has 1 aromatic carbocycles. The van der Waals surface area contributed by atoms with Crippen LogP contribution in [0.15, 0.2) is 42.6 Å². The van der Waals surface area contributed by atoms with Crippen LogP contribution >= 0.6 is 0 Å². The molecule has 3 nitrogen and oxygen atoms in total. The predicted molar refractivity (Wildman–Crippen MR) is 79.4 cm³/mol. The summed E-state index contributed by atoms with van der Waals surface area (Å²) in [7, 11) is 0. The van der Waals surface area contributed by atoms with E-state index < -0.39 is 0 Å². The van der Waals surface area contributed by atoms with Crippen LogP contribution in [-0.4, -0.2) is 28.4 Å². The summed E-state index contributed by atoms with van der Waals surface area (Å²) in [4.78, 5) is 17.9. The number of aromatic nitrogens is 1. The van der Waals surface area contributed by atoms with Crippen LogP contribution in [-0.2, 0) is 11.2 Å². The van der Waals surface area contributed by atoms with Gasteiger partial charge in [0.25, 0.3) is 0 Å². The molecule has 1 aromatic heterocycles. The third-order valence-corrected chi connectivity index (χ3v) is 4.61. The van der Waals surface area contributed by atoms with E-state index in [1.165, 1.54) is 11.8 Å². The normalized spacial score (nSPS) is 24.5. The highest BCUT2D eigenvalue weighted by molar-refractivity contribution is 5.89. The van der Waals surface area contributed by atoms with Crippen molar-refractivity contribution in [1.29, 1.82) is 0 Å². The van der Waals surface area contributed by atoms with Crippen LogP contribution in [0.3, 0.4) is 0 Å². The van der Waals surface area contributed by atoms with Crippen LogP contribution in [0, 0.1) is 5.92 Å². The molecule has 0 radical (unpaired) electrons. The van der Waals surface area contributed by atoms with Gasteiger partial charge in [0, 0.05) is 23.6 Å². The van der Waals surface area contributed by atoms with Crippen molar-refractivity contribution in [3.63, 3.8) is 0 Å². The molecular weight excluding hydrogens is 248 g/mol.